The Kier molecular flexibility index (Phi) is 5.51. The van der Waals surface area contributed by atoms with Gasteiger partial charge >= 0.3 is 0 Å². The molecule has 0 aliphatic carbocycles. The highest BCUT2D eigenvalue weighted by atomic mass is 127. The smallest absolute Gasteiger partial charge is 0.183 e. The molecule has 0 radical (unpaired) electrons. The molecule has 3 nitrogen and oxygen atoms in total. The second-order valence-electron chi connectivity index (χ2n) is 2.55. The lowest BCUT2D eigenvalue weighted by atomic mass is 10.3. The predicted molar refractivity (Wildman–Crippen MR) is 76.2 cm³/mol. The van der Waals surface area contributed by atoms with Crippen LogP contribution >= 0.6 is 50.3 Å². The Morgan fingerprint density at radius 1 is 1.69 bits per heavy atom. The van der Waals surface area contributed by atoms with Gasteiger partial charge in [0.15, 0.2) is 17.2 Å². The van der Waals surface area contributed by atoms with Crippen molar-refractivity contribution < 1.29 is 4.39 Å². The van der Waals surface area contributed by atoms with E-state index in [1.54, 1.807) is 24.6 Å². The molecule has 7 heteroatoms. The van der Waals surface area contributed by atoms with Gasteiger partial charge in [0.1, 0.15) is 5.69 Å². The van der Waals surface area contributed by atoms with Crippen LogP contribution in [0.5, 0.6) is 0 Å². The topological polar surface area (TPSA) is 48.2 Å². The lowest BCUT2D eigenvalue weighted by Gasteiger charge is -2.04. The van der Waals surface area contributed by atoms with Gasteiger partial charge in [0.05, 0.1) is 4.47 Å². The van der Waals surface area contributed by atoms with E-state index >= 15 is 0 Å². The summed E-state index contributed by atoms with van der Waals surface area (Å²) in [7, 11) is 0. The lowest BCUT2D eigenvalue weighted by Crippen LogP contribution is -2.12. The van der Waals surface area contributed by atoms with Crippen LogP contribution in [0.2, 0.25) is 0 Å². The summed E-state index contributed by atoms with van der Waals surface area (Å²) in [6.45, 7) is 0. The van der Waals surface area contributed by atoms with E-state index in [1.807, 2.05) is 22.6 Å². The SMILES string of the molecule is CSC(=Nc1c(I)ccc(Br)c1F)NC#N. The Labute approximate surface area is 119 Å². The molecule has 0 unspecified atom stereocenters. The second-order valence-corrected chi connectivity index (χ2v) is 5.36. The third kappa shape index (κ3) is 3.33. The van der Waals surface area contributed by atoms with Crippen LogP contribution in [0.3, 0.4) is 0 Å². The molecule has 1 N–H and O–H groups in total. The van der Waals surface area contributed by atoms with Crippen LogP contribution in [0.1, 0.15) is 0 Å². The van der Waals surface area contributed by atoms with E-state index in [0.717, 1.165) is 0 Å². The first kappa shape index (κ1) is 13.7. The van der Waals surface area contributed by atoms with Gasteiger partial charge in [-0.3, -0.25) is 5.32 Å². The van der Waals surface area contributed by atoms with Gasteiger partial charge in [-0.1, -0.05) is 11.8 Å². The summed E-state index contributed by atoms with van der Waals surface area (Å²) in [4.78, 5) is 4.06. The second kappa shape index (κ2) is 6.42. The summed E-state index contributed by atoms with van der Waals surface area (Å²) in [5.41, 5.74) is 0.224. The molecule has 0 fully saturated rings. The van der Waals surface area contributed by atoms with E-state index < -0.39 is 5.82 Å². The number of nitriles is 1. The molecule has 1 aromatic carbocycles. The molecular formula is C9H6BrFIN3S. The van der Waals surface area contributed by atoms with Crippen molar-refractivity contribution in [3.8, 4) is 6.19 Å². The van der Waals surface area contributed by atoms with Gasteiger partial charge in [0, 0.05) is 3.57 Å². The van der Waals surface area contributed by atoms with E-state index in [1.165, 1.54) is 11.8 Å². The number of nitrogens with one attached hydrogen (secondary N) is 1. The quantitative estimate of drug-likeness (QED) is 0.191. The highest BCUT2D eigenvalue weighted by Gasteiger charge is 2.10. The molecule has 0 amide bonds. The maximum absolute atomic E-state index is 13.7. The van der Waals surface area contributed by atoms with Crippen molar-refractivity contribution in [3.05, 3.63) is 26.0 Å². The molecule has 0 saturated carbocycles. The van der Waals surface area contributed by atoms with Crippen LogP contribution in [0.4, 0.5) is 10.1 Å². The van der Waals surface area contributed by atoms with Crippen LogP contribution in [0.15, 0.2) is 21.6 Å². The summed E-state index contributed by atoms with van der Waals surface area (Å²) in [6, 6.07) is 3.36. The lowest BCUT2D eigenvalue weighted by molar-refractivity contribution is 0.622. The van der Waals surface area contributed by atoms with Gasteiger partial charge in [-0.05, 0) is 56.9 Å². The first-order chi connectivity index (χ1) is 7.60. The number of nitrogens with zero attached hydrogens (tertiary/aromatic N) is 2. The van der Waals surface area contributed by atoms with Crippen molar-refractivity contribution in [2.75, 3.05) is 6.26 Å². The van der Waals surface area contributed by atoms with Gasteiger partial charge in [-0.15, -0.1) is 0 Å². The Morgan fingerprint density at radius 2 is 2.38 bits per heavy atom. The summed E-state index contributed by atoms with van der Waals surface area (Å²) in [5, 5.41) is 11.2. The van der Waals surface area contributed by atoms with Gasteiger partial charge in [-0.25, -0.2) is 9.38 Å². The minimum atomic E-state index is -0.432. The summed E-state index contributed by atoms with van der Waals surface area (Å²) >= 11 is 6.33. The average molecular weight is 414 g/mol. The molecule has 0 bridgehead atoms. The van der Waals surface area contributed by atoms with Gasteiger partial charge in [0.2, 0.25) is 0 Å². The van der Waals surface area contributed by atoms with Crippen LogP contribution in [-0.4, -0.2) is 11.4 Å². The first-order valence-electron chi connectivity index (χ1n) is 4.01. The van der Waals surface area contributed by atoms with Gasteiger partial charge in [-0.2, -0.15) is 5.26 Å². The molecule has 0 heterocycles. The van der Waals surface area contributed by atoms with Crippen molar-refractivity contribution in [2.45, 2.75) is 0 Å². The monoisotopic (exact) mass is 413 g/mol. The number of thioether (sulfide) groups is 1. The molecule has 1 aromatic rings. The average Bonchev–Trinajstić information content (AvgIpc) is 2.28. The molecule has 0 saturated heterocycles. The van der Waals surface area contributed by atoms with E-state index in [2.05, 4.69) is 26.2 Å². The number of rotatable bonds is 1. The number of benzene rings is 1. The Bertz CT molecular complexity index is 473. The van der Waals surface area contributed by atoms with E-state index in [-0.39, 0.29) is 5.69 Å². The van der Waals surface area contributed by atoms with E-state index in [4.69, 9.17) is 5.26 Å². The van der Waals surface area contributed by atoms with Crippen molar-refractivity contribution in [2.24, 2.45) is 4.99 Å². The van der Waals surface area contributed by atoms with Crippen molar-refractivity contribution in [1.29, 1.82) is 5.26 Å². The minimum Gasteiger partial charge on any atom is -0.271 e. The third-order valence-corrected chi connectivity index (χ3v) is 3.65. The van der Waals surface area contributed by atoms with Crippen LogP contribution in [-0.2, 0) is 0 Å². The van der Waals surface area contributed by atoms with Crippen molar-refractivity contribution >= 4 is 61.1 Å². The molecule has 84 valence electrons. The van der Waals surface area contributed by atoms with Crippen molar-refractivity contribution in [1.82, 2.24) is 5.32 Å². The number of amidine groups is 1. The molecule has 0 aromatic heterocycles. The zero-order valence-electron chi connectivity index (χ0n) is 8.09. The molecule has 0 aliphatic heterocycles. The van der Waals surface area contributed by atoms with Crippen LogP contribution in [0, 0.1) is 20.8 Å². The fourth-order valence-electron chi connectivity index (χ4n) is 0.893. The fourth-order valence-corrected chi connectivity index (χ4v) is 2.08. The first-order valence-corrected chi connectivity index (χ1v) is 7.11. The van der Waals surface area contributed by atoms with E-state index in [0.29, 0.717) is 13.2 Å². The Morgan fingerprint density at radius 3 is 2.94 bits per heavy atom. The Balaban J connectivity index is 3.23. The van der Waals surface area contributed by atoms with Crippen LogP contribution in [0.25, 0.3) is 0 Å². The molecule has 16 heavy (non-hydrogen) atoms. The van der Waals surface area contributed by atoms with Crippen molar-refractivity contribution in [3.63, 3.8) is 0 Å². The maximum Gasteiger partial charge on any atom is 0.183 e. The standard InChI is InChI=1S/C9H6BrFIN3S/c1-16-9(14-4-13)15-8-6(12)3-2-5(10)7(8)11/h2-3H,1H3,(H,14,15). The van der Waals surface area contributed by atoms with E-state index in [9.17, 15) is 4.39 Å². The number of aliphatic imine (C=N–C) groups is 1. The highest BCUT2D eigenvalue weighted by molar-refractivity contribution is 14.1. The summed E-state index contributed by atoms with van der Waals surface area (Å²) < 4.78 is 14.8. The minimum absolute atomic E-state index is 0.224. The number of hydrogen-bond acceptors (Lipinski definition) is 3. The molecular weight excluding hydrogens is 408 g/mol. The molecule has 0 atom stereocenters. The third-order valence-electron chi connectivity index (χ3n) is 1.59. The summed E-state index contributed by atoms with van der Waals surface area (Å²) in [6.07, 6.45) is 3.51. The predicted octanol–water partition coefficient (Wildman–Crippen LogP) is 3.61. The maximum atomic E-state index is 13.7. The highest BCUT2D eigenvalue weighted by Crippen LogP contribution is 2.30. The number of halogens is 3. The molecule has 1 rings (SSSR count). The zero-order valence-corrected chi connectivity index (χ0v) is 12.7. The molecule has 0 spiro atoms. The van der Waals surface area contributed by atoms with Crippen LogP contribution < -0.4 is 5.32 Å². The zero-order chi connectivity index (χ0) is 12.1. The largest absolute Gasteiger partial charge is 0.271 e. The Hall–Kier alpha value is -0.330. The summed E-state index contributed by atoms with van der Waals surface area (Å²) in [5.74, 6) is -0.432. The fraction of sp³-hybridized carbons (Fsp3) is 0.111. The normalized spacial score (nSPS) is 11.1. The molecule has 0 aliphatic rings. The van der Waals surface area contributed by atoms with Gasteiger partial charge in [0.25, 0.3) is 0 Å². The number of hydrogen-bond donors (Lipinski definition) is 1. The van der Waals surface area contributed by atoms with Gasteiger partial charge < -0.3 is 0 Å².